The average Bonchev–Trinajstić information content (AvgIpc) is 2.81. The van der Waals surface area contributed by atoms with Crippen LogP contribution in [-0.2, 0) is 4.74 Å². The SMILES string of the molecule is COC(=O)c1ccc(-c2ccccc2P(c2ccccc2)c2ccccc2)cc1. The van der Waals surface area contributed by atoms with Crippen molar-refractivity contribution in [2.75, 3.05) is 7.11 Å². The van der Waals surface area contributed by atoms with Crippen molar-refractivity contribution in [1.29, 1.82) is 0 Å². The molecule has 0 saturated carbocycles. The summed E-state index contributed by atoms with van der Waals surface area (Å²) >= 11 is 0. The molecule has 0 saturated heterocycles. The van der Waals surface area contributed by atoms with E-state index in [9.17, 15) is 4.79 Å². The van der Waals surface area contributed by atoms with E-state index in [0.717, 1.165) is 5.56 Å². The predicted molar refractivity (Wildman–Crippen MR) is 122 cm³/mol. The van der Waals surface area contributed by atoms with Crippen LogP contribution < -0.4 is 15.9 Å². The van der Waals surface area contributed by atoms with E-state index in [0.29, 0.717) is 5.56 Å². The lowest BCUT2D eigenvalue weighted by Crippen LogP contribution is -2.22. The molecule has 29 heavy (non-hydrogen) atoms. The highest BCUT2D eigenvalue weighted by Crippen LogP contribution is 2.37. The van der Waals surface area contributed by atoms with Gasteiger partial charge in [-0.25, -0.2) is 4.79 Å². The number of rotatable bonds is 5. The van der Waals surface area contributed by atoms with Gasteiger partial charge in [-0.1, -0.05) is 97.1 Å². The number of hydrogen-bond donors (Lipinski definition) is 0. The highest BCUT2D eigenvalue weighted by molar-refractivity contribution is 7.80. The van der Waals surface area contributed by atoms with Gasteiger partial charge in [-0.05, 0) is 47.1 Å². The first kappa shape index (κ1) is 19.1. The Labute approximate surface area is 172 Å². The van der Waals surface area contributed by atoms with Crippen LogP contribution in [-0.4, -0.2) is 13.1 Å². The van der Waals surface area contributed by atoms with E-state index < -0.39 is 7.92 Å². The van der Waals surface area contributed by atoms with Crippen LogP contribution in [0.2, 0.25) is 0 Å². The molecule has 0 radical (unpaired) electrons. The average molecular weight is 396 g/mol. The number of esters is 1. The zero-order valence-corrected chi connectivity index (χ0v) is 17.1. The van der Waals surface area contributed by atoms with Crippen LogP contribution >= 0.6 is 7.92 Å². The Hall–Kier alpha value is -3.22. The Morgan fingerprint density at radius 3 is 1.72 bits per heavy atom. The van der Waals surface area contributed by atoms with Gasteiger partial charge in [0.05, 0.1) is 12.7 Å². The van der Waals surface area contributed by atoms with Gasteiger partial charge >= 0.3 is 5.97 Å². The summed E-state index contributed by atoms with van der Waals surface area (Å²) in [5.74, 6) is -0.319. The topological polar surface area (TPSA) is 26.3 Å². The molecule has 0 amide bonds. The Kier molecular flexibility index (Phi) is 5.84. The highest BCUT2D eigenvalue weighted by Gasteiger charge is 2.20. The van der Waals surface area contributed by atoms with E-state index in [1.54, 1.807) is 0 Å². The highest BCUT2D eigenvalue weighted by atomic mass is 31.1. The quantitative estimate of drug-likeness (QED) is 0.354. The lowest BCUT2D eigenvalue weighted by atomic mass is 10.0. The molecule has 0 unspecified atom stereocenters. The maximum absolute atomic E-state index is 11.8. The van der Waals surface area contributed by atoms with Crippen molar-refractivity contribution in [2.45, 2.75) is 0 Å². The lowest BCUT2D eigenvalue weighted by Gasteiger charge is -2.22. The Bertz CT molecular complexity index is 1050. The van der Waals surface area contributed by atoms with Crippen LogP contribution in [0.5, 0.6) is 0 Å². The van der Waals surface area contributed by atoms with Gasteiger partial charge in [0.15, 0.2) is 0 Å². The van der Waals surface area contributed by atoms with Crippen LogP contribution in [0.25, 0.3) is 11.1 Å². The van der Waals surface area contributed by atoms with Gasteiger partial charge in [0.2, 0.25) is 0 Å². The van der Waals surface area contributed by atoms with Gasteiger partial charge < -0.3 is 4.74 Å². The molecule has 3 heteroatoms. The van der Waals surface area contributed by atoms with Gasteiger partial charge in [-0.3, -0.25) is 0 Å². The van der Waals surface area contributed by atoms with Crippen molar-refractivity contribution in [3.8, 4) is 11.1 Å². The third-order valence-electron chi connectivity index (χ3n) is 4.79. The van der Waals surface area contributed by atoms with E-state index in [1.807, 2.05) is 24.3 Å². The Morgan fingerprint density at radius 2 is 1.17 bits per heavy atom. The number of carbonyl (C=O) groups is 1. The largest absolute Gasteiger partial charge is 0.465 e. The van der Waals surface area contributed by atoms with Crippen LogP contribution in [0, 0.1) is 0 Å². The summed E-state index contributed by atoms with van der Waals surface area (Å²) in [6.45, 7) is 0. The third kappa shape index (κ3) is 4.13. The second kappa shape index (κ2) is 8.86. The predicted octanol–water partition coefficient (Wildman–Crippen LogP) is 4.90. The van der Waals surface area contributed by atoms with E-state index >= 15 is 0 Å². The molecule has 0 N–H and O–H groups in total. The molecule has 0 aliphatic heterocycles. The van der Waals surface area contributed by atoms with Gasteiger partial charge in [-0.15, -0.1) is 0 Å². The third-order valence-corrected chi connectivity index (χ3v) is 7.29. The van der Waals surface area contributed by atoms with E-state index in [-0.39, 0.29) is 5.97 Å². The van der Waals surface area contributed by atoms with Gasteiger partial charge in [0.25, 0.3) is 0 Å². The number of hydrogen-bond acceptors (Lipinski definition) is 2. The zero-order chi connectivity index (χ0) is 20.1. The minimum atomic E-state index is -0.705. The number of carbonyl (C=O) groups excluding carboxylic acids is 1. The maximum atomic E-state index is 11.8. The van der Waals surface area contributed by atoms with Crippen molar-refractivity contribution in [3.63, 3.8) is 0 Å². The van der Waals surface area contributed by atoms with Crippen LogP contribution in [0.4, 0.5) is 0 Å². The van der Waals surface area contributed by atoms with E-state index in [4.69, 9.17) is 4.74 Å². The number of benzene rings is 4. The van der Waals surface area contributed by atoms with Crippen molar-refractivity contribution >= 4 is 29.8 Å². The molecule has 2 nitrogen and oxygen atoms in total. The second-order valence-electron chi connectivity index (χ2n) is 6.59. The number of ether oxygens (including phenoxy) is 1. The molecule has 142 valence electrons. The lowest BCUT2D eigenvalue weighted by molar-refractivity contribution is 0.0601. The first-order chi connectivity index (χ1) is 14.3. The first-order valence-corrected chi connectivity index (χ1v) is 10.8. The summed E-state index contributed by atoms with van der Waals surface area (Å²) in [5.41, 5.74) is 2.83. The fourth-order valence-electron chi connectivity index (χ4n) is 3.40. The van der Waals surface area contributed by atoms with Crippen LogP contribution in [0.15, 0.2) is 109 Å². The molecule has 0 aliphatic carbocycles. The van der Waals surface area contributed by atoms with Gasteiger partial charge in [-0.2, -0.15) is 0 Å². The summed E-state index contributed by atoms with van der Waals surface area (Å²) in [7, 11) is 0.696. The molecule has 0 heterocycles. The minimum absolute atomic E-state index is 0.319. The van der Waals surface area contributed by atoms with Crippen molar-refractivity contribution in [2.24, 2.45) is 0 Å². The standard InChI is InChI=1S/C26H21O2P/c1-28-26(27)21-18-16-20(17-19-21)24-14-8-9-15-25(24)29(22-10-4-2-5-11-22)23-12-6-3-7-13-23/h2-19H,1H3. The van der Waals surface area contributed by atoms with Gasteiger partial charge in [0, 0.05) is 0 Å². The van der Waals surface area contributed by atoms with Crippen molar-refractivity contribution in [1.82, 2.24) is 0 Å². The smallest absolute Gasteiger partial charge is 0.337 e. The van der Waals surface area contributed by atoms with Crippen LogP contribution in [0.3, 0.4) is 0 Å². The summed E-state index contributed by atoms with van der Waals surface area (Å²) < 4.78 is 4.82. The molecular formula is C26H21O2P. The molecule has 0 bridgehead atoms. The summed E-state index contributed by atoms with van der Waals surface area (Å²) in [6, 6.07) is 37.5. The molecule has 0 atom stereocenters. The Morgan fingerprint density at radius 1 is 0.655 bits per heavy atom. The molecule has 4 aromatic rings. The molecule has 0 aliphatic rings. The fraction of sp³-hybridized carbons (Fsp3) is 0.0385. The van der Waals surface area contributed by atoms with Crippen molar-refractivity contribution < 1.29 is 9.53 Å². The van der Waals surface area contributed by atoms with Crippen LogP contribution in [0.1, 0.15) is 10.4 Å². The molecule has 0 fully saturated rings. The van der Waals surface area contributed by atoms with E-state index in [2.05, 4.69) is 84.9 Å². The zero-order valence-electron chi connectivity index (χ0n) is 16.2. The van der Waals surface area contributed by atoms with E-state index in [1.165, 1.54) is 28.6 Å². The Balaban J connectivity index is 1.84. The number of methoxy groups -OCH3 is 1. The summed E-state index contributed by atoms with van der Waals surface area (Å²) in [6.07, 6.45) is 0. The minimum Gasteiger partial charge on any atom is -0.465 e. The van der Waals surface area contributed by atoms with Gasteiger partial charge in [0.1, 0.15) is 0 Å². The molecule has 0 aromatic heterocycles. The first-order valence-electron chi connectivity index (χ1n) is 9.46. The fourth-order valence-corrected chi connectivity index (χ4v) is 5.87. The second-order valence-corrected chi connectivity index (χ2v) is 8.78. The summed E-state index contributed by atoms with van der Waals surface area (Å²) in [4.78, 5) is 11.8. The molecule has 0 spiro atoms. The normalized spacial score (nSPS) is 10.7. The monoisotopic (exact) mass is 396 g/mol. The maximum Gasteiger partial charge on any atom is 0.337 e. The molecule has 4 aromatic carbocycles. The summed E-state index contributed by atoms with van der Waals surface area (Å²) in [5, 5.41) is 3.92. The molecular weight excluding hydrogens is 375 g/mol. The molecule has 4 rings (SSSR count). The van der Waals surface area contributed by atoms with Crippen molar-refractivity contribution in [3.05, 3.63) is 115 Å².